The summed E-state index contributed by atoms with van der Waals surface area (Å²) in [5, 5.41) is 8.34. The van der Waals surface area contributed by atoms with E-state index in [0.29, 0.717) is 6.04 Å². The SMILES string of the molecule is CN(C)c1nc(NC2CCC(CNCc3ccc(I)cc3)CC2)nc2ccccc12. The molecule has 6 heteroatoms. The van der Waals surface area contributed by atoms with Gasteiger partial charge in [-0.25, -0.2) is 4.98 Å². The van der Waals surface area contributed by atoms with Crippen molar-refractivity contribution in [1.82, 2.24) is 15.3 Å². The van der Waals surface area contributed by atoms with Crippen molar-refractivity contribution >= 4 is 45.3 Å². The van der Waals surface area contributed by atoms with Gasteiger partial charge in [0.15, 0.2) is 0 Å². The molecule has 1 saturated carbocycles. The van der Waals surface area contributed by atoms with Gasteiger partial charge in [0.25, 0.3) is 0 Å². The molecule has 0 bridgehead atoms. The monoisotopic (exact) mass is 515 g/mol. The lowest BCUT2D eigenvalue weighted by Crippen LogP contribution is -2.31. The lowest BCUT2D eigenvalue weighted by molar-refractivity contribution is 0.324. The third-order valence-corrected chi connectivity index (χ3v) is 6.58. The lowest BCUT2D eigenvalue weighted by Gasteiger charge is -2.29. The molecular formula is C24H30IN5. The van der Waals surface area contributed by atoms with Crippen LogP contribution in [0.1, 0.15) is 31.2 Å². The first kappa shape index (κ1) is 21.3. The molecule has 0 atom stereocenters. The van der Waals surface area contributed by atoms with Crippen LogP contribution in [0.5, 0.6) is 0 Å². The molecule has 5 nitrogen and oxygen atoms in total. The second-order valence-electron chi connectivity index (χ2n) is 8.40. The van der Waals surface area contributed by atoms with E-state index in [2.05, 4.69) is 74.5 Å². The Hall–Kier alpha value is -1.93. The van der Waals surface area contributed by atoms with Crippen LogP contribution in [-0.4, -0.2) is 36.6 Å². The van der Waals surface area contributed by atoms with Crippen LogP contribution in [-0.2, 0) is 6.54 Å². The van der Waals surface area contributed by atoms with Crippen LogP contribution in [0, 0.1) is 9.49 Å². The summed E-state index contributed by atoms with van der Waals surface area (Å²) in [6.07, 6.45) is 4.82. The number of hydrogen-bond acceptors (Lipinski definition) is 5. The molecule has 0 radical (unpaired) electrons. The van der Waals surface area contributed by atoms with Gasteiger partial charge in [0.05, 0.1) is 5.52 Å². The molecular weight excluding hydrogens is 485 g/mol. The highest BCUT2D eigenvalue weighted by atomic mass is 127. The molecule has 0 spiro atoms. The lowest BCUT2D eigenvalue weighted by atomic mass is 9.86. The van der Waals surface area contributed by atoms with Gasteiger partial charge < -0.3 is 15.5 Å². The van der Waals surface area contributed by atoms with Gasteiger partial charge in [-0.2, -0.15) is 4.98 Å². The number of para-hydroxylation sites is 1. The first-order valence-electron chi connectivity index (χ1n) is 10.7. The number of nitrogens with zero attached hydrogens (tertiary/aromatic N) is 3. The van der Waals surface area contributed by atoms with Crippen LogP contribution < -0.4 is 15.5 Å². The van der Waals surface area contributed by atoms with Crippen molar-refractivity contribution in [3.8, 4) is 0 Å². The molecule has 0 saturated heterocycles. The van der Waals surface area contributed by atoms with E-state index in [1.54, 1.807) is 0 Å². The molecule has 1 aliphatic rings. The Kier molecular flexibility index (Phi) is 7.04. The average molecular weight is 515 g/mol. The van der Waals surface area contributed by atoms with Gasteiger partial charge in [-0.3, -0.25) is 0 Å². The standard InChI is InChI=1S/C24H30IN5/c1-30(2)23-21-5-3-4-6-22(21)28-24(29-23)27-20-13-9-18(10-14-20)16-26-15-17-7-11-19(25)12-8-17/h3-8,11-12,18,20,26H,9-10,13-16H2,1-2H3,(H,27,28,29). The summed E-state index contributed by atoms with van der Waals surface area (Å²) in [7, 11) is 4.07. The molecule has 158 valence electrons. The minimum absolute atomic E-state index is 0.452. The van der Waals surface area contributed by atoms with Crippen LogP contribution in [0.15, 0.2) is 48.5 Å². The highest BCUT2D eigenvalue weighted by molar-refractivity contribution is 14.1. The molecule has 1 aliphatic carbocycles. The van der Waals surface area contributed by atoms with Crippen LogP contribution in [0.25, 0.3) is 10.9 Å². The molecule has 1 aromatic heterocycles. The highest BCUT2D eigenvalue weighted by Gasteiger charge is 2.22. The number of rotatable bonds is 7. The molecule has 0 unspecified atom stereocenters. The Bertz CT molecular complexity index is 965. The van der Waals surface area contributed by atoms with Crippen LogP contribution >= 0.6 is 22.6 Å². The van der Waals surface area contributed by atoms with Crippen molar-refractivity contribution in [2.45, 2.75) is 38.3 Å². The molecule has 3 aromatic rings. The maximum atomic E-state index is 4.79. The van der Waals surface area contributed by atoms with Crippen molar-refractivity contribution in [2.75, 3.05) is 30.9 Å². The summed E-state index contributed by atoms with van der Waals surface area (Å²) >= 11 is 2.35. The summed E-state index contributed by atoms with van der Waals surface area (Å²) in [5.41, 5.74) is 2.35. The maximum absolute atomic E-state index is 4.79. The molecule has 0 amide bonds. The number of hydrogen-bond donors (Lipinski definition) is 2. The zero-order valence-electron chi connectivity index (χ0n) is 17.7. The summed E-state index contributed by atoms with van der Waals surface area (Å²) in [4.78, 5) is 11.6. The zero-order chi connectivity index (χ0) is 20.9. The largest absolute Gasteiger partial charge is 0.362 e. The first-order chi connectivity index (χ1) is 14.6. The van der Waals surface area contributed by atoms with Gasteiger partial charge >= 0.3 is 0 Å². The fraction of sp³-hybridized carbons (Fsp3) is 0.417. The van der Waals surface area contributed by atoms with E-state index in [-0.39, 0.29) is 0 Å². The highest BCUT2D eigenvalue weighted by Crippen LogP contribution is 2.28. The van der Waals surface area contributed by atoms with Crippen molar-refractivity contribution in [1.29, 1.82) is 0 Å². The molecule has 2 N–H and O–H groups in total. The predicted molar refractivity (Wildman–Crippen MR) is 134 cm³/mol. The Balaban J connectivity index is 1.29. The fourth-order valence-corrected chi connectivity index (χ4v) is 4.54. The second-order valence-corrected chi connectivity index (χ2v) is 9.65. The van der Waals surface area contributed by atoms with Gasteiger partial charge in [-0.05, 0) is 90.6 Å². The molecule has 2 aromatic carbocycles. The van der Waals surface area contributed by atoms with Crippen molar-refractivity contribution in [3.05, 3.63) is 57.7 Å². The number of anilines is 2. The van der Waals surface area contributed by atoms with E-state index < -0.39 is 0 Å². The molecule has 4 rings (SSSR count). The number of nitrogens with one attached hydrogen (secondary N) is 2. The summed E-state index contributed by atoms with van der Waals surface area (Å²) in [6, 6.07) is 17.4. The first-order valence-corrected chi connectivity index (χ1v) is 11.8. The summed E-state index contributed by atoms with van der Waals surface area (Å²) in [6.45, 7) is 2.04. The van der Waals surface area contributed by atoms with Crippen LogP contribution in [0.3, 0.4) is 0 Å². The van der Waals surface area contributed by atoms with Crippen LogP contribution in [0.2, 0.25) is 0 Å². The van der Waals surface area contributed by atoms with E-state index in [0.717, 1.165) is 41.7 Å². The average Bonchev–Trinajstić information content (AvgIpc) is 2.76. The molecule has 0 aliphatic heterocycles. The summed E-state index contributed by atoms with van der Waals surface area (Å²) < 4.78 is 1.29. The Labute approximate surface area is 192 Å². The quantitative estimate of drug-likeness (QED) is 0.431. The number of halogens is 1. The molecule has 1 fully saturated rings. The van der Waals surface area contributed by atoms with Gasteiger partial charge in [0.1, 0.15) is 5.82 Å². The van der Waals surface area contributed by atoms with Gasteiger partial charge in [0, 0.05) is 35.6 Å². The minimum atomic E-state index is 0.452. The third-order valence-electron chi connectivity index (χ3n) is 5.86. The Morgan fingerprint density at radius 3 is 2.43 bits per heavy atom. The topological polar surface area (TPSA) is 53.1 Å². The number of fused-ring (bicyclic) bond motifs is 1. The maximum Gasteiger partial charge on any atom is 0.225 e. The Morgan fingerprint density at radius 1 is 0.967 bits per heavy atom. The van der Waals surface area contributed by atoms with E-state index in [1.807, 2.05) is 26.2 Å². The normalized spacial score (nSPS) is 19.0. The fourth-order valence-electron chi connectivity index (χ4n) is 4.18. The van der Waals surface area contributed by atoms with E-state index in [9.17, 15) is 0 Å². The number of benzene rings is 2. The molecule has 1 heterocycles. The van der Waals surface area contributed by atoms with Crippen molar-refractivity contribution in [3.63, 3.8) is 0 Å². The predicted octanol–water partition coefficient (Wildman–Crippen LogP) is 5.06. The van der Waals surface area contributed by atoms with Crippen LogP contribution in [0.4, 0.5) is 11.8 Å². The van der Waals surface area contributed by atoms with Gasteiger partial charge in [0.2, 0.25) is 5.95 Å². The summed E-state index contributed by atoms with van der Waals surface area (Å²) in [5.74, 6) is 2.47. The van der Waals surface area contributed by atoms with Crippen molar-refractivity contribution < 1.29 is 0 Å². The van der Waals surface area contributed by atoms with E-state index in [4.69, 9.17) is 9.97 Å². The smallest absolute Gasteiger partial charge is 0.225 e. The van der Waals surface area contributed by atoms with E-state index in [1.165, 1.54) is 34.8 Å². The Morgan fingerprint density at radius 2 is 1.70 bits per heavy atom. The minimum Gasteiger partial charge on any atom is -0.362 e. The van der Waals surface area contributed by atoms with Crippen molar-refractivity contribution in [2.24, 2.45) is 5.92 Å². The van der Waals surface area contributed by atoms with Gasteiger partial charge in [-0.1, -0.05) is 24.3 Å². The molecule has 30 heavy (non-hydrogen) atoms. The number of aromatic nitrogens is 2. The zero-order valence-corrected chi connectivity index (χ0v) is 19.9. The second kappa shape index (κ2) is 9.92. The van der Waals surface area contributed by atoms with E-state index >= 15 is 0 Å². The third kappa shape index (κ3) is 5.40. The van der Waals surface area contributed by atoms with Gasteiger partial charge in [-0.15, -0.1) is 0 Å².